The summed E-state index contributed by atoms with van der Waals surface area (Å²) < 4.78 is 41.9. The number of fused-ring (bicyclic) bond motifs is 2. The topological polar surface area (TPSA) is 76.4 Å². The van der Waals surface area contributed by atoms with Gasteiger partial charge in [-0.05, 0) is 54.3 Å². The Kier molecular flexibility index (Phi) is 7.40. The molecule has 3 amide bonds. The Morgan fingerprint density at radius 3 is 2.39 bits per heavy atom. The fourth-order valence-electron chi connectivity index (χ4n) is 8.09. The van der Waals surface area contributed by atoms with E-state index in [2.05, 4.69) is 41.7 Å². The highest BCUT2D eigenvalue weighted by molar-refractivity contribution is 6.07. The first-order valence-electron chi connectivity index (χ1n) is 15.8. The Balaban J connectivity index is 1.09. The van der Waals surface area contributed by atoms with Crippen LogP contribution in [0.5, 0.6) is 0 Å². The van der Waals surface area contributed by atoms with Crippen molar-refractivity contribution in [3.05, 3.63) is 112 Å². The molecule has 4 heterocycles. The normalized spacial score (nSPS) is 25.6. The summed E-state index contributed by atoms with van der Waals surface area (Å²) in [6.45, 7) is 5.15. The molecular formula is C36H35F3N5O2+. The molecule has 4 aliphatic rings. The molecule has 0 spiro atoms. The van der Waals surface area contributed by atoms with E-state index in [0.29, 0.717) is 28.9 Å². The van der Waals surface area contributed by atoms with Crippen LogP contribution in [0.1, 0.15) is 54.0 Å². The summed E-state index contributed by atoms with van der Waals surface area (Å²) in [5.74, 6) is -0.237. The maximum Gasteiger partial charge on any atom is 0.416 e. The molecule has 7 nitrogen and oxygen atoms in total. The average Bonchev–Trinajstić information content (AvgIpc) is 3.74. The number of benzene rings is 3. The smallest absolute Gasteiger partial charge is 0.333 e. The number of rotatable bonds is 8. The zero-order chi connectivity index (χ0) is 32.1. The van der Waals surface area contributed by atoms with Crippen molar-refractivity contribution >= 4 is 17.6 Å². The first kappa shape index (κ1) is 30.1. The fraction of sp³-hybridized carbons (Fsp3) is 0.361. The zero-order valence-corrected chi connectivity index (χ0v) is 25.4. The molecule has 0 aliphatic carbocycles. The van der Waals surface area contributed by atoms with Gasteiger partial charge in [0.2, 0.25) is 0 Å². The van der Waals surface area contributed by atoms with Crippen LogP contribution in [0.25, 0.3) is 0 Å². The molecule has 236 valence electrons. The minimum atomic E-state index is -4.58. The number of carbonyl (C=O) groups excluding carboxylic acids is 2. The number of amides is 3. The van der Waals surface area contributed by atoms with E-state index >= 15 is 0 Å². The Bertz CT molecular complexity index is 1740. The van der Waals surface area contributed by atoms with Gasteiger partial charge in [0, 0.05) is 19.4 Å². The van der Waals surface area contributed by atoms with Crippen LogP contribution in [-0.2, 0) is 16.4 Å². The van der Waals surface area contributed by atoms with Crippen LogP contribution in [0, 0.1) is 11.3 Å². The number of alkyl halides is 3. The number of unbranched alkanes of at least 4 members (excludes halogenated alkanes) is 1. The van der Waals surface area contributed by atoms with Gasteiger partial charge >= 0.3 is 12.2 Å². The predicted octanol–water partition coefficient (Wildman–Crippen LogP) is 6.29. The standard InChI is InChI=1S/C36H34F3N5O2/c37-36(38,39)28-9-6-10-29(21-28)43-30-23-42(33(45)31(30)32(41-34(43)46)26-13-11-25(22-40)12-14-26)17-4-5-18-44-19-15-35(24-44,16-20-44)27-7-2-1-3-8-27/h1-3,6-14,21,32H,4-5,15-20,23-24H2/p+1. The molecule has 1 atom stereocenters. The molecule has 0 aromatic heterocycles. The van der Waals surface area contributed by atoms with E-state index in [1.807, 2.05) is 0 Å². The molecule has 10 heteroatoms. The zero-order valence-electron chi connectivity index (χ0n) is 25.4. The van der Waals surface area contributed by atoms with Gasteiger partial charge in [-0.15, -0.1) is 0 Å². The Hall–Kier alpha value is -4.62. The van der Waals surface area contributed by atoms with E-state index in [-0.39, 0.29) is 23.6 Å². The van der Waals surface area contributed by atoms with Crippen molar-refractivity contribution in [2.75, 3.05) is 44.2 Å². The van der Waals surface area contributed by atoms with Gasteiger partial charge in [-0.2, -0.15) is 18.4 Å². The highest BCUT2D eigenvalue weighted by Gasteiger charge is 2.55. The van der Waals surface area contributed by atoms with Gasteiger partial charge in [-0.25, -0.2) is 4.79 Å². The number of halogens is 3. The molecule has 3 aromatic carbocycles. The second-order valence-electron chi connectivity index (χ2n) is 13.1. The molecule has 2 fully saturated rings. The molecule has 0 radical (unpaired) electrons. The third-order valence-electron chi connectivity index (χ3n) is 10.5. The van der Waals surface area contributed by atoms with Crippen molar-refractivity contribution in [2.24, 2.45) is 0 Å². The molecule has 1 unspecified atom stereocenters. The molecule has 1 N–H and O–H groups in total. The lowest BCUT2D eigenvalue weighted by Crippen LogP contribution is -2.47. The van der Waals surface area contributed by atoms with Gasteiger partial charge in [-0.1, -0.05) is 48.5 Å². The fourth-order valence-corrected chi connectivity index (χ4v) is 8.09. The number of nitrogens with one attached hydrogen (secondary N) is 1. The maximum atomic E-state index is 14.0. The number of hydrogen-bond acceptors (Lipinski definition) is 3. The summed E-state index contributed by atoms with van der Waals surface area (Å²) in [4.78, 5) is 30.4. The number of hydrogen-bond donors (Lipinski definition) is 1. The minimum absolute atomic E-state index is 0.0496. The summed E-state index contributed by atoms with van der Waals surface area (Å²) >= 11 is 0. The first-order valence-corrected chi connectivity index (χ1v) is 15.8. The largest absolute Gasteiger partial charge is 0.416 e. The number of anilines is 1. The van der Waals surface area contributed by atoms with Gasteiger partial charge in [0.15, 0.2) is 0 Å². The summed E-state index contributed by atoms with van der Waals surface area (Å²) in [7, 11) is 0. The Labute approximate surface area is 266 Å². The molecule has 4 aliphatic heterocycles. The Morgan fingerprint density at radius 1 is 0.957 bits per heavy atom. The van der Waals surface area contributed by atoms with Crippen LogP contribution >= 0.6 is 0 Å². The summed E-state index contributed by atoms with van der Waals surface area (Å²) in [6, 6.07) is 22.7. The molecule has 3 aromatic rings. The van der Waals surface area contributed by atoms with E-state index in [9.17, 15) is 28.0 Å². The lowest BCUT2D eigenvalue weighted by Gasteiger charge is -2.34. The number of nitriles is 1. The quantitative estimate of drug-likeness (QED) is 0.236. The summed E-state index contributed by atoms with van der Waals surface area (Å²) in [6.07, 6.45) is -0.452. The van der Waals surface area contributed by atoms with Crippen molar-refractivity contribution in [2.45, 2.75) is 43.3 Å². The van der Waals surface area contributed by atoms with E-state index in [0.717, 1.165) is 42.5 Å². The monoisotopic (exact) mass is 626 g/mol. The number of piperidine rings is 1. The summed E-state index contributed by atoms with van der Waals surface area (Å²) in [5, 5.41) is 12.1. The lowest BCUT2D eigenvalue weighted by molar-refractivity contribution is -0.909. The van der Waals surface area contributed by atoms with Crippen LogP contribution in [-0.4, -0.2) is 60.6 Å². The number of carbonyl (C=O) groups is 2. The molecule has 46 heavy (non-hydrogen) atoms. The maximum absolute atomic E-state index is 14.0. The Morgan fingerprint density at radius 2 is 1.70 bits per heavy atom. The van der Waals surface area contributed by atoms with Crippen LogP contribution in [0.4, 0.5) is 23.7 Å². The molecule has 0 saturated carbocycles. The molecule has 2 saturated heterocycles. The number of nitrogens with zero attached hydrogens (tertiary/aromatic N) is 4. The van der Waals surface area contributed by atoms with E-state index in [4.69, 9.17) is 0 Å². The average molecular weight is 627 g/mol. The predicted molar refractivity (Wildman–Crippen MR) is 166 cm³/mol. The third-order valence-corrected chi connectivity index (χ3v) is 10.5. The van der Waals surface area contributed by atoms with Crippen molar-refractivity contribution in [1.82, 2.24) is 10.2 Å². The van der Waals surface area contributed by atoms with Crippen molar-refractivity contribution in [3.8, 4) is 6.07 Å². The second-order valence-corrected chi connectivity index (χ2v) is 13.1. The minimum Gasteiger partial charge on any atom is -0.333 e. The lowest BCUT2D eigenvalue weighted by atomic mass is 9.78. The van der Waals surface area contributed by atoms with Gasteiger partial charge in [-0.3, -0.25) is 9.69 Å². The van der Waals surface area contributed by atoms with Crippen LogP contribution in [0.15, 0.2) is 90.1 Å². The highest BCUT2D eigenvalue weighted by Crippen LogP contribution is 2.48. The summed E-state index contributed by atoms with van der Waals surface area (Å²) in [5.41, 5.74) is 2.68. The van der Waals surface area contributed by atoms with Gasteiger partial charge in [0.25, 0.3) is 5.91 Å². The van der Waals surface area contributed by atoms with Crippen LogP contribution < -0.4 is 10.2 Å². The first-order chi connectivity index (χ1) is 22.1. The van der Waals surface area contributed by atoms with Crippen molar-refractivity contribution in [1.29, 1.82) is 5.26 Å². The molecule has 7 rings (SSSR count). The van der Waals surface area contributed by atoms with Crippen LogP contribution in [0.3, 0.4) is 0 Å². The van der Waals surface area contributed by atoms with Crippen molar-refractivity contribution < 1.29 is 27.2 Å². The number of urea groups is 1. The van der Waals surface area contributed by atoms with E-state index in [1.54, 1.807) is 29.2 Å². The van der Waals surface area contributed by atoms with E-state index < -0.39 is 23.8 Å². The third kappa shape index (κ3) is 5.22. The number of quaternary nitrogens is 1. The van der Waals surface area contributed by atoms with Gasteiger partial charge < -0.3 is 14.7 Å². The van der Waals surface area contributed by atoms with E-state index in [1.165, 1.54) is 48.5 Å². The molecule has 2 bridgehead atoms. The SMILES string of the molecule is N#Cc1ccc(C2NC(=O)N(c3cccc(C(F)(F)F)c3)C3=C2C(=O)N(CCCC[N+]24CCC(c5ccccc5)(CC2)C4)C3)cc1. The highest BCUT2D eigenvalue weighted by atomic mass is 19.4. The molecular weight excluding hydrogens is 591 g/mol. The second kappa shape index (κ2) is 11.3. The van der Waals surface area contributed by atoms with Gasteiger partial charge in [0.05, 0.1) is 78.3 Å². The van der Waals surface area contributed by atoms with Gasteiger partial charge in [0.1, 0.15) is 0 Å². The van der Waals surface area contributed by atoms with Crippen LogP contribution in [0.2, 0.25) is 0 Å². The van der Waals surface area contributed by atoms with Crippen molar-refractivity contribution in [3.63, 3.8) is 0 Å².